The zero-order valence-electron chi connectivity index (χ0n) is 18.9. The number of hydrogen-bond donors (Lipinski definition) is 4. The second-order valence-corrected chi connectivity index (χ2v) is 8.13. The molecule has 5 N–H and O–H groups in total. The number of anilines is 2. The van der Waals surface area contributed by atoms with Crippen LogP contribution in [0.5, 0.6) is 5.75 Å². The molecule has 178 valence electrons. The van der Waals surface area contributed by atoms with Crippen molar-refractivity contribution in [3.8, 4) is 11.7 Å². The molecule has 0 aliphatic carbocycles. The lowest BCUT2D eigenvalue weighted by Crippen LogP contribution is -2.56. The minimum absolute atomic E-state index is 0.0154. The molecule has 1 aromatic carbocycles. The summed E-state index contributed by atoms with van der Waals surface area (Å²) in [6, 6.07) is 7.80. The standard InChI is InChI=1S/C22H26N8O4/c1-12-9-33-10-13-11-34-18-16(8-25-15(7-23)20(31)32)27-22(28-19(18)29(12)13)30-17-6-4-3-5-14(17)26-21(30)24-2/h3-7,12-13,25H,8-11,23H2,1-2H3,(H,24,26)(H,31,32)/b15-7-/t12-,13+/m1/s1. The van der Waals surface area contributed by atoms with Crippen LogP contribution >= 0.6 is 0 Å². The number of carbonyl (C=O) groups is 1. The third kappa shape index (κ3) is 3.61. The number of carboxylic acids is 1. The van der Waals surface area contributed by atoms with Gasteiger partial charge in [-0.15, -0.1) is 0 Å². The van der Waals surface area contributed by atoms with E-state index in [-0.39, 0.29) is 24.3 Å². The van der Waals surface area contributed by atoms with Crippen molar-refractivity contribution in [2.45, 2.75) is 25.6 Å². The number of aromatic nitrogens is 4. The number of carboxylic acid groups (broad SMARTS) is 1. The Balaban J connectivity index is 1.68. The lowest BCUT2D eigenvalue weighted by molar-refractivity contribution is -0.133. The Kier molecular flexibility index (Phi) is 5.57. The van der Waals surface area contributed by atoms with Crippen molar-refractivity contribution in [2.75, 3.05) is 37.1 Å². The molecule has 2 atom stereocenters. The fourth-order valence-electron chi connectivity index (χ4n) is 4.38. The number of nitrogens with two attached hydrogens (primary N) is 1. The third-order valence-corrected chi connectivity index (χ3v) is 5.94. The summed E-state index contributed by atoms with van der Waals surface area (Å²) in [5.74, 6) is 0.966. The van der Waals surface area contributed by atoms with Crippen LogP contribution in [0.3, 0.4) is 0 Å². The Hall–Kier alpha value is -4.06. The number of hydrogen-bond acceptors (Lipinski definition) is 10. The molecule has 0 spiro atoms. The fraction of sp³-hybridized carbons (Fsp3) is 0.364. The van der Waals surface area contributed by atoms with E-state index in [0.717, 1.165) is 17.2 Å². The first kappa shape index (κ1) is 21.8. The molecule has 0 unspecified atom stereocenters. The van der Waals surface area contributed by atoms with Gasteiger partial charge in [0.25, 0.3) is 0 Å². The minimum atomic E-state index is -1.16. The number of morpholine rings is 1. The third-order valence-electron chi connectivity index (χ3n) is 5.94. The lowest BCUT2D eigenvalue weighted by Gasteiger charge is -2.44. The molecule has 12 heteroatoms. The molecule has 0 bridgehead atoms. The number of para-hydroxylation sites is 2. The zero-order chi connectivity index (χ0) is 23.8. The van der Waals surface area contributed by atoms with Crippen molar-refractivity contribution < 1.29 is 19.4 Å². The molecule has 2 aromatic heterocycles. The van der Waals surface area contributed by atoms with E-state index >= 15 is 0 Å². The van der Waals surface area contributed by atoms with Crippen LogP contribution in [-0.4, -0.2) is 69.5 Å². The number of imidazole rings is 1. The van der Waals surface area contributed by atoms with Crippen LogP contribution in [0.1, 0.15) is 12.6 Å². The minimum Gasteiger partial charge on any atom is -0.486 e. The van der Waals surface area contributed by atoms with Crippen LogP contribution < -0.4 is 26.0 Å². The predicted octanol–water partition coefficient (Wildman–Crippen LogP) is 0.818. The number of rotatable bonds is 6. The van der Waals surface area contributed by atoms with Gasteiger partial charge in [0.05, 0.1) is 42.9 Å². The van der Waals surface area contributed by atoms with Crippen LogP contribution in [0.4, 0.5) is 11.8 Å². The van der Waals surface area contributed by atoms with Crippen LogP contribution in [-0.2, 0) is 16.1 Å². The Labute approximate surface area is 195 Å². The molecule has 34 heavy (non-hydrogen) atoms. The summed E-state index contributed by atoms with van der Waals surface area (Å²) >= 11 is 0. The fourth-order valence-corrected chi connectivity index (χ4v) is 4.38. The van der Waals surface area contributed by atoms with E-state index < -0.39 is 5.97 Å². The monoisotopic (exact) mass is 466 g/mol. The predicted molar refractivity (Wildman–Crippen MR) is 125 cm³/mol. The van der Waals surface area contributed by atoms with E-state index in [2.05, 4.69) is 27.4 Å². The molecular weight excluding hydrogens is 440 g/mol. The summed E-state index contributed by atoms with van der Waals surface area (Å²) < 4.78 is 13.7. The van der Waals surface area contributed by atoms with Crippen LogP contribution in [0.15, 0.2) is 36.2 Å². The summed E-state index contributed by atoms with van der Waals surface area (Å²) in [6.07, 6.45) is 1.01. The number of aliphatic carboxylic acids is 1. The summed E-state index contributed by atoms with van der Waals surface area (Å²) in [5.41, 5.74) is 7.48. The number of benzene rings is 1. The first-order valence-corrected chi connectivity index (χ1v) is 11.0. The first-order valence-electron chi connectivity index (χ1n) is 11.0. The first-order chi connectivity index (χ1) is 16.5. The molecule has 0 saturated carbocycles. The molecule has 1 saturated heterocycles. The Morgan fingerprint density at radius 3 is 2.85 bits per heavy atom. The second kappa shape index (κ2) is 8.71. The van der Waals surface area contributed by atoms with E-state index in [0.29, 0.717) is 49.0 Å². The number of nitrogens with zero attached hydrogens (tertiary/aromatic N) is 5. The highest BCUT2D eigenvalue weighted by atomic mass is 16.5. The van der Waals surface area contributed by atoms with Crippen LogP contribution in [0.2, 0.25) is 0 Å². The number of ether oxygens (including phenoxy) is 2. The smallest absolute Gasteiger partial charge is 0.353 e. The number of nitrogens with one attached hydrogen (secondary N) is 2. The van der Waals surface area contributed by atoms with Gasteiger partial charge in [-0.2, -0.15) is 4.98 Å². The van der Waals surface area contributed by atoms with Gasteiger partial charge in [-0.1, -0.05) is 12.1 Å². The van der Waals surface area contributed by atoms with Crippen molar-refractivity contribution >= 4 is 28.8 Å². The van der Waals surface area contributed by atoms with Gasteiger partial charge < -0.3 is 35.8 Å². The van der Waals surface area contributed by atoms with Crippen molar-refractivity contribution in [1.82, 2.24) is 24.8 Å². The molecule has 2 aliphatic heterocycles. The maximum absolute atomic E-state index is 11.4. The second-order valence-electron chi connectivity index (χ2n) is 8.13. The van der Waals surface area contributed by atoms with Crippen LogP contribution in [0, 0.1) is 0 Å². The van der Waals surface area contributed by atoms with E-state index in [1.54, 1.807) is 7.05 Å². The molecule has 12 nitrogen and oxygen atoms in total. The topological polar surface area (TPSA) is 153 Å². The highest BCUT2D eigenvalue weighted by Crippen LogP contribution is 2.38. The van der Waals surface area contributed by atoms with E-state index in [1.807, 2.05) is 28.8 Å². The highest BCUT2D eigenvalue weighted by molar-refractivity contribution is 5.85. The molecule has 0 amide bonds. The van der Waals surface area contributed by atoms with Crippen molar-refractivity contribution in [2.24, 2.45) is 5.73 Å². The molecule has 2 aliphatic rings. The molecular formula is C22H26N8O4. The summed E-state index contributed by atoms with van der Waals surface area (Å²) in [7, 11) is 1.78. The Morgan fingerprint density at radius 1 is 1.26 bits per heavy atom. The lowest BCUT2D eigenvalue weighted by atomic mass is 10.1. The summed E-state index contributed by atoms with van der Waals surface area (Å²) in [6.45, 7) is 3.68. The largest absolute Gasteiger partial charge is 0.486 e. The maximum Gasteiger partial charge on any atom is 0.353 e. The van der Waals surface area contributed by atoms with Gasteiger partial charge in [-0.05, 0) is 19.1 Å². The Bertz CT molecular complexity index is 1270. The normalized spacial score (nSPS) is 19.8. The molecule has 3 aromatic rings. The van der Waals surface area contributed by atoms with E-state index in [4.69, 9.17) is 25.2 Å². The van der Waals surface area contributed by atoms with Gasteiger partial charge >= 0.3 is 5.97 Å². The zero-order valence-corrected chi connectivity index (χ0v) is 18.9. The Morgan fingerprint density at radius 2 is 2.09 bits per heavy atom. The van der Waals surface area contributed by atoms with Gasteiger partial charge in [-0.25, -0.2) is 19.3 Å². The molecule has 5 rings (SSSR count). The van der Waals surface area contributed by atoms with Crippen LogP contribution in [0.25, 0.3) is 17.0 Å². The average Bonchev–Trinajstić information content (AvgIpc) is 3.22. The number of fused-ring (bicyclic) bond motifs is 4. The van der Waals surface area contributed by atoms with E-state index in [9.17, 15) is 9.90 Å². The van der Waals surface area contributed by atoms with Gasteiger partial charge in [0.2, 0.25) is 11.9 Å². The van der Waals surface area contributed by atoms with Crippen molar-refractivity contribution in [3.05, 3.63) is 41.9 Å². The van der Waals surface area contributed by atoms with Gasteiger partial charge in [0.1, 0.15) is 18.0 Å². The van der Waals surface area contributed by atoms with Crippen molar-refractivity contribution in [1.29, 1.82) is 0 Å². The summed E-state index contributed by atoms with van der Waals surface area (Å²) in [5, 5.41) is 15.3. The maximum atomic E-state index is 11.4. The molecule has 1 fully saturated rings. The van der Waals surface area contributed by atoms with Gasteiger partial charge in [0.15, 0.2) is 11.6 Å². The van der Waals surface area contributed by atoms with Gasteiger partial charge in [-0.3, -0.25) is 0 Å². The van der Waals surface area contributed by atoms with Gasteiger partial charge in [0, 0.05) is 13.2 Å². The van der Waals surface area contributed by atoms with Crippen molar-refractivity contribution in [3.63, 3.8) is 0 Å². The summed E-state index contributed by atoms with van der Waals surface area (Å²) in [4.78, 5) is 28.0. The molecule has 4 heterocycles. The highest BCUT2D eigenvalue weighted by Gasteiger charge is 2.38. The average molecular weight is 467 g/mol. The quantitative estimate of drug-likeness (QED) is 0.382. The van der Waals surface area contributed by atoms with E-state index in [1.165, 1.54) is 0 Å². The molecule has 0 radical (unpaired) electrons. The SMILES string of the molecule is CNc1nc2ccccc2n1-c1nc(CN/C(=C\N)C(=O)O)c2c(n1)N1[C@@H](COC[C@H]1C)CO2.